The molecule has 0 radical (unpaired) electrons. The Balaban J connectivity index is 1.96. The lowest BCUT2D eigenvalue weighted by Crippen LogP contribution is -2.07. The summed E-state index contributed by atoms with van der Waals surface area (Å²) in [4.78, 5) is 0. The molecule has 0 spiro atoms. The number of nitrogens with zero attached hydrogens (tertiary/aromatic N) is 2. The highest BCUT2D eigenvalue weighted by molar-refractivity contribution is 6.30. The Labute approximate surface area is 173 Å². The van der Waals surface area contributed by atoms with Gasteiger partial charge in [0.05, 0.1) is 17.8 Å². The highest BCUT2D eigenvalue weighted by Crippen LogP contribution is 2.38. The second-order valence-corrected chi connectivity index (χ2v) is 7.32. The van der Waals surface area contributed by atoms with Crippen molar-refractivity contribution in [3.8, 4) is 11.3 Å². The van der Waals surface area contributed by atoms with Crippen LogP contribution < -0.4 is 0 Å². The number of alkyl halides is 3. The minimum atomic E-state index is -4.57. The van der Waals surface area contributed by atoms with E-state index in [0.717, 1.165) is 12.1 Å². The van der Waals surface area contributed by atoms with Crippen molar-refractivity contribution >= 4 is 34.1 Å². The Hall–Kier alpha value is -2.57. The van der Waals surface area contributed by atoms with Gasteiger partial charge < -0.3 is 0 Å². The van der Waals surface area contributed by atoms with Crippen molar-refractivity contribution in [3.05, 3.63) is 87.7 Å². The third-order valence-corrected chi connectivity index (χ3v) is 5.02. The van der Waals surface area contributed by atoms with E-state index < -0.39 is 17.6 Å². The van der Waals surface area contributed by atoms with Crippen molar-refractivity contribution in [2.75, 3.05) is 0 Å². The molecule has 1 aromatic heterocycles. The van der Waals surface area contributed by atoms with Crippen LogP contribution in [0.4, 0.5) is 17.6 Å². The highest BCUT2D eigenvalue weighted by Gasteiger charge is 2.34. The van der Waals surface area contributed by atoms with E-state index in [1.54, 1.807) is 30.3 Å². The van der Waals surface area contributed by atoms with E-state index in [1.165, 1.54) is 22.9 Å². The molecule has 4 aromatic rings. The molecule has 0 unspecified atom stereocenters. The van der Waals surface area contributed by atoms with E-state index >= 15 is 0 Å². The van der Waals surface area contributed by atoms with Crippen LogP contribution in [0, 0.1) is 5.82 Å². The van der Waals surface area contributed by atoms with Crippen LogP contribution in [0.25, 0.3) is 22.2 Å². The van der Waals surface area contributed by atoms with Crippen LogP contribution in [-0.4, -0.2) is 9.78 Å². The number of hydrogen-bond acceptors (Lipinski definition) is 1. The molecule has 29 heavy (non-hydrogen) atoms. The molecular formula is C21H12Cl2F4N2. The molecule has 4 rings (SSSR count). The van der Waals surface area contributed by atoms with Crippen LogP contribution >= 0.6 is 23.2 Å². The Kier molecular flexibility index (Phi) is 5.00. The average molecular weight is 439 g/mol. The van der Waals surface area contributed by atoms with Crippen molar-refractivity contribution in [2.24, 2.45) is 0 Å². The first-order chi connectivity index (χ1) is 13.7. The van der Waals surface area contributed by atoms with Crippen LogP contribution in [0.5, 0.6) is 0 Å². The molecule has 0 saturated carbocycles. The molecule has 1 heterocycles. The van der Waals surface area contributed by atoms with Crippen molar-refractivity contribution < 1.29 is 17.6 Å². The highest BCUT2D eigenvalue weighted by atomic mass is 35.5. The minimum Gasteiger partial charge on any atom is -0.259 e. The van der Waals surface area contributed by atoms with Crippen LogP contribution in [0.15, 0.2) is 60.7 Å². The minimum absolute atomic E-state index is 0.0626. The molecule has 2 nitrogen and oxygen atoms in total. The SMILES string of the molecule is Fc1cc(Cl)ccc1Cn1nc2c(C(F)(F)F)cccc2c1-c1ccc(Cl)cc1. The van der Waals surface area contributed by atoms with Crippen LogP contribution in [0.2, 0.25) is 10.0 Å². The summed E-state index contributed by atoms with van der Waals surface area (Å²) in [5, 5.41) is 5.24. The predicted octanol–water partition coefficient (Wildman–Crippen LogP) is 7.22. The number of hydrogen-bond donors (Lipinski definition) is 0. The molecule has 0 bridgehead atoms. The number of halogens is 6. The number of fused-ring (bicyclic) bond motifs is 1. The summed E-state index contributed by atoms with van der Waals surface area (Å²) in [6.07, 6.45) is -4.57. The fourth-order valence-electron chi connectivity index (χ4n) is 3.22. The molecule has 0 atom stereocenters. The monoisotopic (exact) mass is 438 g/mol. The molecule has 0 aliphatic carbocycles. The molecule has 8 heteroatoms. The number of rotatable bonds is 3. The summed E-state index contributed by atoms with van der Waals surface area (Å²) < 4.78 is 56.2. The Morgan fingerprint density at radius 1 is 0.897 bits per heavy atom. The average Bonchev–Trinajstić information content (AvgIpc) is 3.02. The zero-order chi connectivity index (χ0) is 20.8. The topological polar surface area (TPSA) is 17.8 Å². The van der Waals surface area contributed by atoms with Gasteiger partial charge in [-0.3, -0.25) is 4.68 Å². The maximum absolute atomic E-state index is 14.3. The predicted molar refractivity (Wildman–Crippen MR) is 106 cm³/mol. The third-order valence-electron chi connectivity index (χ3n) is 4.53. The van der Waals surface area contributed by atoms with Gasteiger partial charge in [0.2, 0.25) is 0 Å². The summed E-state index contributed by atoms with van der Waals surface area (Å²) in [5.74, 6) is -0.560. The zero-order valence-electron chi connectivity index (χ0n) is 14.6. The summed E-state index contributed by atoms with van der Waals surface area (Å²) in [7, 11) is 0. The van der Waals surface area contributed by atoms with Gasteiger partial charge in [0.25, 0.3) is 0 Å². The maximum atomic E-state index is 14.3. The molecule has 0 aliphatic rings. The zero-order valence-corrected chi connectivity index (χ0v) is 16.2. The van der Waals surface area contributed by atoms with E-state index in [4.69, 9.17) is 23.2 Å². The molecule has 0 aliphatic heterocycles. The first kappa shape index (κ1) is 19.7. The van der Waals surface area contributed by atoms with Gasteiger partial charge in [-0.1, -0.05) is 53.5 Å². The normalized spacial score (nSPS) is 11.9. The Bertz CT molecular complexity index is 1200. The van der Waals surface area contributed by atoms with Crippen LogP contribution in [0.3, 0.4) is 0 Å². The second-order valence-electron chi connectivity index (χ2n) is 6.45. The molecule has 3 aromatic carbocycles. The standard InChI is InChI=1S/C21H12Cl2F4N2/c22-14-7-4-12(5-8-14)20-16-2-1-3-17(21(25,26)27)19(16)28-29(20)11-13-6-9-15(23)10-18(13)24/h1-10H,11H2. The van der Waals surface area contributed by atoms with Gasteiger partial charge in [-0.15, -0.1) is 0 Å². The van der Waals surface area contributed by atoms with Gasteiger partial charge in [0.1, 0.15) is 11.3 Å². The summed E-state index contributed by atoms with van der Waals surface area (Å²) in [6.45, 7) is -0.0626. The van der Waals surface area contributed by atoms with Gasteiger partial charge in [-0.2, -0.15) is 18.3 Å². The second kappa shape index (κ2) is 7.35. The summed E-state index contributed by atoms with van der Waals surface area (Å²) in [6, 6.07) is 14.7. The van der Waals surface area contributed by atoms with Gasteiger partial charge in [-0.25, -0.2) is 4.39 Å². The number of aromatic nitrogens is 2. The lowest BCUT2D eigenvalue weighted by atomic mass is 10.0. The van der Waals surface area contributed by atoms with Crippen LogP contribution in [0.1, 0.15) is 11.1 Å². The molecular weight excluding hydrogens is 427 g/mol. The summed E-state index contributed by atoms with van der Waals surface area (Å²) in [5.41, 5.74) is 0.272. The van der Waals surface area contributed by atoms with Crippen LogP contribution in [-0.2, 0) is 12.7 Å². The Morgan fingerprint density at radius 3 is 2.24 bits per heavy atom. The van der Waals surface area contributed by atoms with Crippen molar-refractivity contribution in [1.82, 2.24) is 9.78 Å². The van der Waals surface area contributed by atoms with Crippen molar-refractivity contribution in [3.63, 3.8) is 0 Å². The quantitative estimate of drug-likeness (QED) is 0.308. The van der Waals surface area contributed by atoms with Crippen molar-refractivity contribution in [1.29, 1.82) is 0 Å². The fraction of sp³-hybridized carbons (Fsp3) is 0.0952. The first-order valence-corrected chi connectivity index (χ1v) is 9.26. The largest absolute Gasteiger partial charge is 0.418 e. The van der Waals surface area contributed by atoms with E-state index in [9.17, 15) is 17.6 Å². The van der Waals surface area contributed by atoms with Gasteiger partial charge in [-0.05, 0) is 30.3 Å². The molecule has 0 N–H and O–H groups in total. The summed E-state index contributed by atoms with van der Waals surface area (Å²) >= 11 is 11.7. The van der Waals surface area contributed by atoms with E-state index in [-0.39, 0.29) is 22.6 Å². The van der Waals surface area contributed by atoms with E-state index in [1.807, 2.05) is 0 Å². The molecule has 0 saturated heterocycles. The molecule has 0 fully saturated rings. The van der Waals surface area contributed by atoms with E-state index in [2.05, 4.69) is 5.10 Å². The number of benzene rings is 3. The lowest BCUT2D eigenvalue weighted by molar-refractivity contribution is -0.136. The third kappa shape index (κ3) is 3.82. The Morgan fingerprint density at radius 2 is 1.59 bits per heavy atom. The van der Waals surface area contributed by atoms with Gasteiger partial charge in [0.15, 0.2) is 0 Å². The fourth-order valence-corrected chi connectivity index (χ4v) is 3.50. The van der Waals surface area contributed by atoms with Gasteiger partial charge >= 0.3 is 6.18 Å². The molecule has 0 amide bonds. The van der Waals surface area contributed by atoms with Gasteiger partial charge in [0, 0.05) is 26.6 Å². The lowest BCUT2D eigenvalue weighted by Gasteiger charge is -2.10. The molecule has 148 valence electrons. The first-order valence-electron chi connectivity index (χ1n) is 8.50. The van der Waals surface area contributed by atoms with Crippen molar-refractivity contribution in [2.45, 2.75) is 12.7 Å². The van der Waals surface area contributed by atoms with E-state index in [0.29, 0.717) is 21.7 Å². The smallest absolute Gasteiger partial charge is 0.259 e. The maximum Gasteiger partial charge on any atom is 0.418 e.